The molecule has 0 aliphatic rings. The lowest BCUT2D eigenvalue weighted by atomic mass is 10.0. The van der Waals surface area contributed by atoms with Crippen molar-refractivity contribution in [3.8, 4) is 0 Å². The van der Waals surface area contributed by atoms with E-state index < -0.39 is 6.10 Å². The summed E-state index contributed by atoms with van der Waals surface area (Å²) in [5.74, 6) is -0.875. The van der Waals surface area contributed by atoms with Gasteiger partial charge in [0.25, 0.3) is 0 Å². The summed E-state index contributed by atoms with van der Waals surface area (Å²) in [7, 11) is 0. The van der Waals surface area contributed by atoms with Gasteiger partial charge in [-0.3, -0.25) is 14.4 Å². The van der Waals surface area contributed by atoms with Crippen molar-refractivity contribution in [3.05, 3.63) is 72.9 Å². The molecule has 0 amide bonds. The molecule has 0 radical (unpaired) electrons. The summed E-state index contributed by atoms with van der Waals surface area (Å²) in [6.45, 7) is 6.56. The number of hydrogen-bond acceptors (Lipinski definition) is 6. The number of allylic oxidation sites excluding steroid dienone is 12. The average molecular weight is 1080 g/mol. The third kappa shape index (κ3) is 63.6. The van der Waals surface area contributed by atoms with Crippen LogP contribution in [0.2, 0.25) is 0 Å². The molecule has 6 nitrogen and oxygen atoms in total. The second-order valence-electron chi connectivity index (χ2n) is 22.4. The molecule has 1 atom stereocenters. The molecule has 446 valence electrons. The molecule has 0 aliphatic heterocycles. The van der Waals surface area contributed by atoms with Gasteiger partial charge in [0.2, 0.25) is 0 Å². The van der Waals surface area contributed by atoms with Gasteiger partial charge >= 0.3 is 17.9 Å². The van der Waals surface area contributed by atoms with E-state index in [4.69, 9.17) is 14.2 Å². The molecular weight excluding hydrogens is 949 g/mol. The third-order valence-electron chi connectivity index (χ3n) is 14.7. The van der Waals surface area contributed by atoms with Crippen LogP contribution in [0, 0.1) is 0 Å². The fraction of sp³-hybridized carbons (Fsp3) is 0.789. The predicted octanol–water partition coefficient (Wildman–Crippen LogP) is 22.9. The van der Waals surface area contributed by atoms with Crippen LogP contribution in [-0.2, 0) is 28.6 Å². The summed E-state index contributed by atoms with van der Waals surface area (Å²) in [4.78, 5) is 38.4. The summed E-state index contributed by atoms with van der Waals surface area (Å²) in [6, 6.07) is 0. The Kier molecular flexibility index (Phi) is 62.7. The fourth-order valence-corrected chi connectivity index (χ4v) is 9.70. The highest BCUT2D eigenvalue weighted by Gasteiger charge is 2.19. The summed E-state index contributed by atoms with van der Waals surface area (Å²) in [6.07, 6.45) is 84.8. The van der Waals surface area contributed by atoms with Crippen LogP contribution < -0.4 is 0 Å². The SMILES string of the molecule is CC/C=C\C/C=C\C/C=C\C/C=C\CCCCCCCCC(=O)OC(COC(=O)CCCCCCCCCCCCC/C=C\C/C=C\CCCCCCC)COC(=O)CCCCCCCCCCCCCCCCCCC. The molecule has 0 heterocycles. The molecule has 0 bridgehead atoms. The van der Waals surface area contributed by atoms with Gasteiger partial charge in [-0.2, -0.15) is 0 Å². The van der Waals surface area contributed by atoms with Gasteiger partial charge in [-0.05, 0) is 89.9 Å². The van der Waals surface area contributed by atoms with Crippen molar-refractivity contribution in [1.82, 2.24) is 0 Å². The van der Waals surface area contributed by atoms with Crippen LogP contribution in [0.1, 0.15) is 342 Å². The summed E-state index contributed by atoms with van der Waals surface area (Å²) in [5, 5.41) is 0. The maximum Gasteiger partial charge on any atom is 0.306 e. The van der Waals surface area contributed by atoms with Gasteiger partial charge in [0, 0.05) is 19.3 Å². The molecule has 6 heteroatoms. The van der Waals surface area contributed by atoms with Crippen LogP contribution in [0.4, 0.5) is 0 Å². The van der Waals surface area contributed by atoms with E-state index in [1.807, 2.05) is 0 Å². The van der Waals surface area contributed by atoms with Crippen molar-refractivity contribution in [2.75, 3.05) is 13.2 Å². The molecule has 1 unspecified atom stereocenters. The molecule has 0 fully saturated rings. The van der Waals surface area contributed by atoms with E-state index in [2.05, 4.69) is 93.7 Å². The van der Waals surface area contributed by atoms with Gasteiger partial charge in [-0.15, -0.1) is 0 Å². The van der Waals surface area contributed by atoms with E-state index in [-0.39, 0.29) is 31.1 Å². The van der Waals surface area contributed by atoms with E-state index in [0.717, 1.165) is 103 Å². The third-order valence-corrected chi connectivity index (χ3v) is 14.7. The number of carbonyl (C=O) groups is 3. The first-order valence-electron chi connectivity index (χ1n) is 33.4. The first-order valence-corrected chi connectivity index (χ1v) is 33.4. The van der Waals surface area contributed by atoms with Gasteiger partial charge in [0.05, 0.1) is 0 Å². The number of rotatable bonds is 61. The minimum absolute atomic E-state index is 0.0785. The van der Waals surface area contributed by atoms with Crippen LogP contribution in [0.15, 0.2) is 72.9 Å². The quantitative estimate of drug-likeness (QED) is 0.0261. The first kappa shape index (κ1) is 73.8. The Hall–Kier alpha value is -3.15. The Balaban J connectivity index is 4.36. The monoisotopic (exact) mass is 1070 g/mol. The van der Waals surface area contributed by atoms with Crippen LogP contribution in [0.5, 0.6) is 0 Å². The molecule has 0 aliphatic carbocycles. The van der Waals surface area contributed by atoms with Crippen molar-refractivity contribution in [3.63, 3.8) is 0 Å². The van der Waals surface area contributed by atoms with E-state index in [0.29, 0.717) is 19.3 Å². The van der Waals surface area contributed by atoms with E-state index >= 15 is 0 Å². The number of hydrogen-bond donors (Lipinski definition) is 0. The number of unbranched alkanes of at least 4 members (excludes halogenated alkanes) is 38. The lowest BCUT2D eigenvalue weighted by molar-refractivity contribution is -0.167. The van der Waals surface area contributed by atoms with Crippen molar-refractivity contribution < 1.29 is 28.6 Å². The second kappa shape index (κ2) is 65.4. The van der Waals surface area contributed by atoms with E-state index in [1.165, 1.54) is 199 Å². The number of ether oxygens (including phenoxy) is 3. The van der Waals surface area contributed by atoms with E-state index in [1.54, 1.807) is 0 Å². The molecule has 0 aromatic carbocycles. The van der Waals surface area contributed by atoms with Gasteiger partial charge in [0.15, 0.2) is 6.10 Å². The van der Waals surface area contributed by atoms with Crippen LogP contribution in [-0.4, -0.2) is 37.2 Å². The Morgan fingerprint density at radius 1 is 0.273 bits per heavy atom. The van der Waals surface area contributed by atoms with Crippen molar-refractivity contribution in [2.45, 2.75) is 348 Å². The van der Waals surface area contributed by atoms with Crippen LogP contribution >= 0.6 is 0 Å². The van der Waals surface area contributed by atoms with Crippen LogP contribution in [0.3, 0.4) is 0 Å². The Bertz CT molecular complexity index is 1420. The second-order valence-corrected chi connectivity index (χ2v) is 22.4. The van der Waals surface area contributed by atoms with Crippen molar-refractivity contribution in [2.24, 2.45) is 0 Å². The van der Waals surface area contributed by atoms with Gasteiger partial charge in [-0.1, -0.05) is 306 Å². The first-order chi connectivity index (χ1) is 38.0. The lowest BCUT2D eigenvalue weighted by Crippen LogP contribution is -2.30. The molecule has 0 saturated carbocycles. The van der Waals surface area contributed by atoms with Crippen molar-refractivity contribution >= 4 is 17.9 Å². The smallest absolute Gasteiger partial charge is 0.306 e. The maximum absolute atomic E-state index is 12.9. The zero-order valence-electron chi connectivity index (χ0n) is 51.2. The predicted molar refractivity (Wildman–Crippen MR) is 335 cm³/mol. The summed E-state index contributed by atoms with van der Waals surface area (Å²) in [5.41, 5.74) is 0. The standard InChI is InChI=1S/C71H126O6/c1-4-7-10-13-16-19-22-25-28-31-33-34-35-36-38-40-43-46-49-52-55-58-61-64-70(73)76-67-68(66-75-69(72)63-60-57-54-51-48-45-42-39-30-27-24-21-18-15-12-9-6-3)77-71(74)65-62-59-56-53-50-47-44-41-37-32-29-26-23-20-17-14-11-8-5-2/h8,11,17,20,22,25-26,29,31,33,37,41,68H,4-7,9-10,12-16,18-19,21,23-24,27-28,30,32,34-36,38-40,42-67H2,1-3H3/b11-8-,20-17-,25-22-,29-26-,33-31-,41-37-. The normalized spacial score (nSPS) is 12.5. The zero-order chi connectivity index (χ0) is 55.7. The van der Waals surface area contributed by atoms with Crippen molar-refractivity contribution in [1.29, 1.82) is 0 Å². The Morgan fingerprint density at radius 3 is 0.792 bits per heavy atom. The van der Waals surface area contributed by atoms with Gasteiger partial charge in [0.1, 0.15) is 13.2 Å². The molecule has 0 N–H and O–H groups in total. The number of esters is 3. The highest BCUT2D eigenvalue weighted by Crippen LogP contribution is 2.17. The molecule has 77 heavy (non-hydrogen) atoms. The molecule has 0 rings (SSSR count). The van der Waals surface area contributed by atoms with Gasteiger partial charge < -0.3 is 14.2 Å². The zero-order valence-corrected chi connectivity index (χ0v) is 51.2. The molecule has 0 spiro atoms. The largest absolute Gasteiger partial charge is 0.462 e. The molecular formula is C71H126O6. The molecule has 0 aromatic heterocycles. The Labute approximate surface area is 478 Å². The average Bonchev–Trinajstić information content (AvgIpc) is 3.43. The molecule has 0 saturated heterocycles. The summed E-state index contributed by atoms with van der Waals surface area (Å²) >= 11 is 0. The summed E-state index contributed by atoms with van der Waals surface area (Å²) < 4.78 is 17.0. The molecule has 0 aromatic rings. The lowest BCUT2D eigenvalue weighted by Gasteiger charge is -2.18. The van der Waals surface area contributed by atoms with Crippen LogP contribution in [0.25, 0.3) is 0 Å². The maximum atomic E-state index is 12.9. The fourth-order valence-electron chi connectivity index (χ4n) is 9.70. The highest BCUT2D eigenvalue weighted by molar-refractivity contribution is 5.71. The number of carbonyl (C=O) groups excluding carboxylic acids is 3. The Morgan fingerprint density at radius 2 is 0.506 bits per heavy atom. The minimum Gasteiger partial charge on any atom is -0.462 e. The highest BCUT2D eigenvalue weighted by atomic mass is 16.6. The van der Waals surface area contributed by atoms with E-state index in [9.17, 15) is 14.4 Å². The topological polar surface area (TPSA) is 78.9 Å². The van der Waals surface area contributed by atoms with Gasteiger partial charge in [-0.25, -0.2) is 0 Å². The minimum atomic E-state index is -0.784.